The van der Waals surface area contributed by atoms with Gasteiger partial charge in [0.1, 0.15) is 17.0 Å². The Morgan fingerprint density at radius 2 is 2.20 bits per heavy atom. The van der Waals surface area contributed by atoms with Crippen LogP contribution in [0, 0.1) is 5.82 Å². The lowest BCUT2D eigenvalue weighted by atomic mass is 10.2. The number of benzene rings is 1. The Bertz CT molecular complexity index is 713. The van der Waals surface area contributed by atoms with Crippen LogP contribution in [0.2, 0.25) is 0 Å². The van der Waals surface area contributed by atoms with E-state index in [2.05, 4.69) is 14.8 Å². The van der Waals surface area contributed by atoms with Crippen molar-refractivity contribution in [2.24, 2.45) is 12.8 Å². The molecule has 0 spiro atoms. The van der Waals surface area contributed by atoms with E-state index in [4.69, 9.17) is 5.73 Å². The molecule has 9 heteroatoms. The normalized spacial score (nSPS) is 11.8. The molecule has 0 unspecified atom stereocenters. The monoisotopic (exact) mass is 299 g/mol. The number of hydrogen-bond donors (Lipinski definition) is 2. The molecule has 0 aliphatic carbocycles. The molecule has 2 aromatic rings. The largest absolute Gasteiger partial charge is 0.326 e. The molecule has 3 N–H and O–H groups in total. The molecule has 0 amide bonds. The van der Waals surface area contributed by atoms with Gasteiger partial charge in [-0.05, 0) is 17.7 Å². The molecule has 0 atom stereocenters. The van der Waals surface area contributed by atoms with Gasteiger partial charge in [0, 0.05) is 13.6 Å². The minimum absolute atomic E-state index is 0.116. The fourth-order valence-corrected chi connectivity index (χ4v) is 2.69. The predicted molar refractivity (Wildman–Crippen MR) is 69.3 cm³/mol. The van der Waals surface area contributed by atoms with Crippen molar-refractivity contribution in [1.82, 2.24) is 19.5 Å². The number of nitrogens with zero attached hydrogens (tertiary/aromatic N) is 3. The lowest BCUT2D eigenvalue weighted by molar-refractivity contribution is 0.554. The van der Waals surface area contributed by atoms with Crippen molar-refractivity contribution in [2.45, 2.75) is 18.0 Å². The molecule has 7 nitrogen and oxygen atoms in total. The van der Waals surface area contributed by atoms with E-state index < -0.39 is 20.7 Å². The summed E-state index contributed by atoms with van der Waals surface area (Å²) in [6.45, 7) is 0.0140. The molecule has 0 radical (unpaired) electrons. The number of rotatable bonds is 5. The van der Waals surface area contributed by atoms with Crippen LogP contribution in [0.5, 0.6) is 0 Å². The topological polar surface area (TPSA) is 103 Å². The van der Waals surface area contributed by atoms with Crippen LogP contribution in [0.4, 0.5) is 4.39 Å². The summed E-state index contributed by atoms with van der Waals surface area (Å²) >= 11 is 0. The summed E-state index contributed by atoms with van der Waals surface area (Å²) in [6, 6.07) is 3.73. The zero-order valence-electron chi connectivity index (χ0n) is 10.7. The van der Waals surface area contributed by atoms with E-state index in [1.165, 1.54) is 23.1 Å². The predicted octanol–water partition coefficient (Wildman–Crippen LogP) is -0.109. The van der Waals surface area contributed by atoms with Gasteiger partial charge in [-0.3, -0.25) is 4.68 Å². The number of nitrogens with one attached hydrogen (secondary N) is 1. The maximum atomic E-state index is 13.6. The van der Waals surface area contributed by atoms with Crippen molar-refractivity contribution >= 4 is 10.0 Å². The Hall–Kier alpha value is -1.84. The zero-order chi connectivity index (χ0) is 14.8. The first-order valence-corrected chi connectivity index (χ1v) is 7.23. The summed E-state index contributed by atoms with van der Waals surface area (Å²) in [5.74, 6) is -0.532. The van der Waals surface area contributed by atoms with E-state index in [0.717, 1.165) is 6.07 Å². The number of halogens is 1. The van der Waals surface area contributed by atoms with E-state index >= 15 is 0 Å². The Morgan fingerprint density at radius 1 is 1.45 bits per heavy atom. The number of aromatic nitrogens is 3. The third-order valence-electron chi connectivity index (χ3n) is 2.59. The zero-order valence-corrected chi connectivity index (χ0v) is 11.6. The van der Waals surface area contributed by atoms with Crippen molar-refractivity contribution in [2.75, 3.05) is 0 Å². The summed E-state index contributed by atoms with van der Waals surface area (Å²) in [5, 5.41) is 3.93. The average Bonchev–Trinajstić information content (AvgIpc) is 2.83. The lowest BCUT2D eigenvalue weighted by Crippen LogP contribution is -2.25. The van der Waals surface area contributed by atoms with Crippen LogP contribution in [-0.4, -0.2) is 23.2 Å². The van der Waals surface area contributed by atoms with E-state index in [-0.39, 0.29) is 13.1 Å². The van der Waals surface area contributed by atoms with E-state index in [1.807, 2.05) is 0 Å². The van der Waals surface area contributed by atoms with Gasteiger partial charge in [0.25, 0.3) is 0 Å². The first kappa shape index (κ1) is 14.6. The minimum atomic E-state index is -3.98. The Kier molecular flexibility index (Phi) is 4.12. The van der Waals surface area contributed by atoms with Gasteiger partial charge in [-0.15, -0.1) is 0 Å². The van der Waals surface area contributed by atoms with Crippen molar-refractivity contribution in [1.29, 1.82) is 0 Å². The first-order chi connectivity index (χ1) is 9.42. The lowest BCUT2D eigenvalue weighted by Gasteiger charge is -2.07. The highest BCUT2D eigenvalue weighted by atomic mass is 32.2. The van der Waals surface area contributed by atoms with Gasteiger partial charge >= 0.3 is 0 Å². The van der Waals surface area contributed by atoms with Crippen molar-refractivity contribution < 1.29 is 12.8 Å². The SMILES string of the molecule is Cn1cnc(CNS(=O)(=O)c2cc(CN)ccc2F)n1. The van der Waals surface area contributed by atoms with Crippen LogP contribution < -0.4 is 10.5 Å². The molecule has 1 heterocycles. The van der Waals surface area contributed by atoms with Crippen LogP contribution >= 0.6 is 0 Å². The third-order valence-corrected chi connectivity index (χ3v) is 4.00. The minimum Gasteiger partial charge on any atom is -0.326 e. The molecule has 0 fully saturated rings. The summed E-state index contributed by atoms with van der Waals surface area (Å²) in [6.07, 6.45) is 1.44. The summed E-state index contributed by atoms with van der Waals surface area (Å²) in [7, 11) is -2.32. The van der Waals surface area contributed by atoms with Crippen molar-refractivity contribution in [3.63, 3.8) is 0 Å². The van der Waals surface area contributed by atoms with E-state index in [0.29, 0.717) is 11.4 Å². The van der Waals surface area contributed by atoms with Crippen LogP contribution in [-0.2, 0) is 30.2 Å². The van der Waals surface area contributed by atoms with Crippen LogP contribution in [0.3, 0.4) is 0 Å². The highest BCUT2D eigenvalue weighted by molar-refractivity contribution is 7.89. The Morgan fingerprint density at radius 3 is 2.80 bits per heavy atom. The molecule has 0 saturated heterocycles. The second-order valence-electron chi connectivity index (χ2n) is 4.13. The Labute approximate surface area is 115 Å². The molecule has 2 rings (SSSR count). The second-order valence-corrected chi connectivity index (χ2v) is 5.86. The second kappa shape index (κ2) is 5.65. The fraction of sp³-hybridized carbons (Fsp3) is 0.273. The maximum absolute atomic E-state index is 13.6. The summed E-state index contributed by atoms with van der Waals surface area (Å²) in [5.41, 5.74) is 5.95. The molecule has 0 saturated carbocycles. The summed E-state index contributed by atoms with van der Waals surface area (Å²) < 4.78 is 41.4. The molecule has 0 aliphatic rings. The van der Waals surface area contributed by atoms with Gasteiger partial charge < -0.3 is 5.73 Å². The van der Waals surface area contributed by atoms with Crippen LogP contribution in [0.1, 0.15) is 11.4 Å². The molecule has 1 aromatic heterocycles. The smallest absolute Gasteiger partial charge is 0.243 e. The van der Waals surface area contributed by atoms with E-state index in [9.17, 15) is 12.8 Å². The van der Waals surface area contributed by atoms with Crippen LogP contribution in [0.25, 0.3) is 0 Å². The van der Waals surface area contributed by atoms with Gasteiger partial charge in [0.15, 0.2) is 5.82 Å². The van der Waals surface area contributed by atoms with Crippen molar-refractivity contribution in [3.8, 4) is 0 Å². The first-order valence-electron chi connectivity index (χ1n) is 5.75. The van der Waals surface area contributed by atoms with Gasteiger partial charge in [-0.2, -0.15) is 5.10 Å². The maximum Gasteiger partial charge on any atom is 0.243 e. The summed E-state index contributed by atoms with van der Waals surface area (Å²) in [4.78, 5) is 3.45. The molecule has 0 bridgehead atoms. The highest BCUT2D eigenvalue weighted by Gasteiger charge is 2.19. The molecule has 0 aliphatic heterocycles. The van der Waals surface area contributed by atoms with Gasteiger partial charge in [-0.1, -0.05) is 6.07 Å². The van der Waals surface area contributed by atoms with Gasteiger partial charge in [-0.25, -0.2) is 22.5 Å². The molecular formula is C11H14FN5O2S. The van der Waals surface area contributed by atoms with Crippen molar-refractivity contribution in [3.05, 3.63) is 41.7 Å². The third kappa shape index (κ3) is 3.18. The number of aryl methyl sites for hydroxylation is 1. The molecule has 20 heavy (non-hydrogen) atoms. The number of hydrogen-bond acceptors (Lipinski definition) is 5. The average molecular weight is 299 g/mol. The van der Waals surface area contributed by atoms with Gasteiger partial charge in [0.05, 0.1) is 6.54 Å². The molecular weight excluding hydrogens is 285 g/mol. The Balaban J connectivity index is 2.21. The van der Waals surface area contributed by atoms with Crippen LogP contribution in [0.15, 0.2) is 29.4 Å². The number of nitrogens with two attached hydrogens (primary N) is 1. The van der Waals surface area contributed by atoms with Gasteiger partial charge in [0.2, 0.25) is 10.0 Å². The fourth-order valence-electron chi connectivity index (χ4n) is 1.58. The molecule has 1 aromatic carbocycles. The molecule has 108 valence electrons. The quantitative estimate of drug-likeness (QED) is 0.802. The standard InChI is InChI=1S/C11H14FN5O2S/c1-17-7-14-11(16-17)6-15-20(18,19)10-4-8(5-13)2-3-9(10)12/h2-4,7,15H,5-6,13H2,1H3. The highest BCUT2D eigenvalue weighted by Crippen LogP contribution is 2.16. The number of sulfonamides is 1. The van der Waals surface area contributed by atoms with E-state index in [1.54, 1.807) is 7.05 Å².